The Morgan fingerprint density at radius 3 is 2.76 bits per heavy atom. The highest BCUT2D eigenvalue weighted by molar-refractivity contribution is 5.83. The number of nitrogens with zero attached hydrogens (tertiary/aromatic N) is 1. The fourth-order valence-corrected chi connectivity index (χ4v) is 2.91. The van der Waals surface area contributed by atoms with Crippen LogP contribution >= 0.6 is 0 Å². The molecule has 0 aromatic heterocycles. The van der Waals surface area contributed by atoms with Crippen molar-refractivity contribution in [3.63, 3.8) is 0 Å². The molecule has 0 spiro atoms. The number of aliphatic hydroxyl groups excluding tert-OH is 1. The highest BCUT2D eigenvalue weighted by atomic mass is 16.4. The first-order chi connectivity index (χ1) is 9.88. The molecule has 4 N–H and O–H groups in total. The molecule has 2 fully saturated rings. The molecular formula is C13H21N3O5. The van der Waals surface area contributed by atoms with Crippen LogP contribution < -0.4 is 10.6 Å². The Labute approximate surface area is 122 Å². The topological polar surface area (TPSA) is 119 Å². The van der Waals surface area contributed by atoms with Crippen LogP contribution in [0.15, 0.2) is 0 Å². The second-order valence-electron chi connectivity index (χ2n) is 5.71. The van der Waals surface area contributed by atoms with Crippen LogP contribution in [0.5, 0.6) is 0 Å². The Hall–Kier alpha value is -1.83. The van der Waals surface area contributed by atoms with Crippen molar-refractivity contribution in [1.29, 1.82) is 0 Å². The van der Waals surface area contributed by atoms with Gasteiger partial charge in [-0.1, -0.05) is 0 Å². The first-order valence-corrected chi connectivity index (χ1v) is 7.14. The number of amides is 3. The van der Waals surface area contributed by atoms with Crippen LogP contribution in [0, 0.1) is 5.92 Å². The lowest BCUT2D eigenvalue weighted by molar-refractivity contribution is -0.142. The molecule has 21 heavy (non-hydrogen) atoms. The number of nitrogens with one attached hydrogen (secondary N) is 2. The Kier molecular flexibility index (Phi) is 4.66. The van der Waals surface area contributed by atoms with E-state index < -0.39 is 24.1 Å². The molecule has 8 nitrogen and oxygen atoms in total. The van der Waals surface area contributed by atoms with Gasteiger partial charge in [0, 0.05) is 25.6 Å². The fraction of sp³-hybridized carbons (Fsp3) is 0.769. The molecule has 3 amide bonds. The first kappa shape index (κ1) is 15.6. The molecule has 0 bridgehead atoms. The normalized spacial score (nSPS) is 28.1. The van der Waals surface area contributed by atoms with Crippen LogP contribution in [0.3, 0.4) is 0 Å². The summed E-state index contributed by atoms with van der Waals surface area (Å²) in [7, 11) is 0. The Morgan fingerprint density at radius 1 is 1.43 bits per heavy atom. The van der Waals surface area contributed by atoms with Crippen LogP contribution in [0.4, 0.5) is 4.79 Å². The number of fused-ring (bicyclic) bond motifs is 1. The van der Waals surface area contributed by atoms with Crippen LogP contribution in [0.2, 0.25) is 0 Å². The van der Waals surface area contributed by atoms with Gasteiger partial charge in [-0.25, -0.2) is 9.59 Å². The summed E-state index contributed by atoms with van der Waals surface area (Å²) < 4.78 is 0. The van der Waals surface area contributed by atoms with Gasteiger partial charge in [-0.2, -0.15) is 0 Å². The molecule has 2 aliphatic rings. The third-order valence-electron chi connectivity index (χ3n) is 4.14. The van der Waals surface area contributed by atoms with Crippen molar-refractivity contribution >= 4 is 17.9 Å². The predicted molar refractivity (Wildman–Crippen MR) is 72.5 cm³/mol. The predicted octanol–water partition coefficient (Wildman–Crippen LogP) is -0.869. The van der Waals surface area contributed by atoms with Gasteiger partial charge in [0.2, 0.25) is 5.91 Å². The van der Waals surface area contributed by atoms with Gasteiger partial charge in [0.1, 0.15) is 0 Å². The quantitative estimate of drug-likeness (QED) is 0.540. The monoisotopic (exact) mass is 299 g/mol. The number of carbonyl (C=O) groups is 3. The zero-order valence-electron chi connectivity index (χ0n) is 11.9. The molecule has 2 unspecified atom stereocenters. The zero-order chi connectivity index (χ0) is 15.6. The second kappa shape index (κ2) is 6.30. The van der Waals surface area contributed by atoms with E-state index in [-0.39, 0.29) is 17.9 Å². The fourth-order valence-electron chi connectivity index (χ4n) is 2.91. The molecule has 0 aromatic carbocycles. The number of likely N-dealkylation sites (tertiary alicyclic amines) is 1. The third kappa shape index (κ3) is 3.63. The van der Waals surface area contributed by atoms with Crippen molar-refractivity contribution in [3.05, 3.63) is 0 Å². The molecule has 8 heteroatoms. The molecule has 2 heterocycles. The minimum Gasteiger partial charge on any atom is -0.480 e. The number of urea groups is 1. The lowest BCUT2D eigenvalue weighted by Crippen LogP contribution is -2.59. The number of aliphatic carboxylic acids is 1. The molecule has 118 valence electrons. The van der Waals surface area contributed by atoms with Gasteiger partial charge in [-0.3, -0.25) is 4.79 Å². The van der Waals surface area contributed by atoms with Crippen molar-refractivity contribution in [1.82, 2.24) is 15.5 Å². The zero-order valence-corrected chi connectivity index (χ0v) is 11.9. The summed E-state index contributed by atoms with van der Waals surface area (Å²) in [4.78, 5) is 36.0. The summed E-state index contributed by atoms with van der Waals surface area (Å²) in [5.74, 6) is -1.01. The molecule has 0 saturated carbocycles. The van der Waals surface area contributed by atoms with Gasteiger partial charge in [0.25, 0.3) is 0 Å². The molecular weight excluding hydrogens is 278 g/mol. The third-order valence-corrected chi connectivity index (χ3v) is 4.14. The first-order valence-electron chi connectivity index (χ1n) is 7.14. The van der Waals surface area contributed by atoms with Gasteiger partial charge in [-0.15, -0.1) is 0 Å². The summed E-state index contributed by atoms with van der Waals surface area (Å²) in [6, 6.07) is -1.71. The maximum Gasteiger partial charge on any atom is 0.328 e. The van der Waals surface area contributed by atoms with E-state index in [9.17, 15) is 19.5 Å². The van der Waals surface area contributed by atoms with E-state index in [0.717, 1.165) is 6.42 Å². The van der Waals surface area contributed by atoms with Gasteiger partial charge in [0.15, 0.2) is 6.04 Å². The lowest BCUT2D eigenvalue weighted by Gasteiger charge is -2.41. The number of rotatable bonds is 3. The Bertz CT molecular complexity index is 440. The Balaban J connectivity index is 1.92. The summed E-state index contributed by atoms with van der Waals surface area (Å²) >= 11 is 0. The van der Waals surface area contributed by atoms with Crippen molar-refractivity contribution in [2.45, 2.75) is 44.4 Å². The second-order valence-corrected chi connectivity index (χ2v) is 5.71. The summed E-state index contributed by atoms with van der Waals surface area (Å²) in [6.07, 6.45) is 0.690. The van der Waals surface area contributed by atoms with Crippen LogP contribution in [0.25, 0.3) is 0 Å². The molecule has 0 radical (unpaired) electrons. The largest absolute Gasteiger partial charge is 0.480 e. The smallest absolute Gasteiger partial charge is 0.328 e. The van der Waals surface area contributed by atoms with E-state index in [4.69, 9.17) is 5.11 Å². The average molecular weight is 299 g/mol. The molecule has 0 aromatic rings. The number of carboxylic acid groups (broad SMARTS) is 1. The van der Waals surface area contributed by atoms with E-state index in [1.54, 1.807) is 4.90 Å². The molecule has 4 atom stereocenters. The van der Waals surface area contributed by atoms with Gasteiger partial charge in [-0.05, 0) is 25.7 Å². The number of carbonyl (C=O) groups excluding carboxylic acids is 2. The minimum absolute atomic E-state index is 0.0502. The summed E-state index contributed by atoms with van der Waals surface area (Å²) in [5.41, 5.74) is 0. The van der Waals surface area contributed by atoms with Gasteiger partial charge < -0.3 is 25.7 Å². The van der Waals surface area contributed by atoms with E-state index >= 15 is 0 Å². The Morgan fingerprint density at radius 2 is 2.14 bits per heavy atom. The maximum absolute atomic E-state index is 12.1. The van der Waals surface area contributed by atoms with Crippen molar-refractivity contribution < 1.29 is 24.6 Å². The average Bonchev–Trinajstić information content (AvgIpc) is 2.43. The van der Waals surface area contributed by atoms with Crippen LogP contribution in [-0.2, 0) is 9.59 Å². The number of hydrogen-bond acceptors (Lipinski definition) is 4. The molecule has 2 saturated heterocycles. The van der Waals surface area contributed by atoms with Crippen molar-refractivity contribution in [3.8, 4) is 0 Å². The van der Waals surface area contributed by atoms with Crippen LogP contribution in [-0.4, -0.2) is 64.3 Å². The van der Waals surface area contributed by atoms with Gasteiger partial charge >= 0.3 is 12.0 Å². The molecule has 2 rings (SSSR count). The van der Waals surface area contributed by atoms with Crippen molar-refractivity contribution in [2.75, 3.05) is 13.1 Å². The lowest BCUT2D eigenvalue weighted by atomic mass is 9.85. The number of hydrogen-bond donors (Lipinski definition) is 4. The highest BCUT2D eigenvalue weighted by Gasteiger charge is 2.36. The number of carboxylic acids is 1. The van der Waals surface area contributed by atoms with E-state index in [1.165, 1.54) is 6.92 Å². The highest BCUT2D eigenvalue weighted by Crippen LogP contribution is 2.25. The van der Waals surface area contributed by atoms with E-state index in [0.29, 0.717) is 25.9 Å². The van der Waals surface area contributed by atoms with Crippen molar-refractivity contribution in [2.24, 2.45) is 5.92 Å². The standard InChI is InChI=1S/C13H21N3O5/c1-7(17)11(12(19)20)15-13(21)16-5-4-9-8(6-16)2-3-10(18)14-9/h7-9,11,17H,2-6H2,1H3,(H,14,18)(H,15,21)(H,19,20)/t7-,8?,9?,11+/m1/s1. The van der Waals surface area contributed by atoms with E-state index in [1.807, 2.05) is 0 Å². The maximum atomic E-state index is 12.1. The van der Waals surface area contributed by atoms with E-state index in [2.05, 4.69) is 10.6 Å². The molecule has 2 aliphatic heterocycles. The number of piperidine rings is 2. The SMILES string of the molecule is C[C@@H](O)[C@H](NC(=O)N1CCC2NC(=O)CCC2C1)C(=O)O. The number of aliphatic hydroxyl groups is 1. The minimum atomic E-state index is -1.32. The summed E-state index contributed by atoms with van der Waals surface area (Å²) in [5, 5.41) is 23.6. The summed E-state index contributed by atoms with van der Waals surface area (Å²) in [6.45, 7) is 2.27. The van der Waals surface area contributed by atoms with Crippen LogP contribution in [0.1, 0.15) is 26.2 Å². The molecule has 0 aliphatic carbocycles. The van der Waals surface area contributed by atoms with Gasteiger partial charge in [0.05, 0.1) is 6.10 Å².